The Morgan fingerprint density at radius 1 is 1.36 bits per heavy atom. The molecule has 3 N–H and O–H groups in total. The molecule has 0 saturated carbocycles. The van der Waals surface area contributed by atoms with Crippen LogP contribution in [0.2, 0.25) is 5.02 Å². The molecule has 122 valence electrons. The van der Waals surface area contributed by atoms with E-state index in [2.05, 4.69) is 5.32 Å². The van der Waals surface area contributed by atoms with Gasteiger partial charge in [-0.05, 0) is 31.0 Å². The Morgan fingerprint density at radius 2 is 2.14 bits per heavy atom. The van der Waals surface area contributed by atoms with Gasteiger partial charge in [0, 0.05) is 25.0 Å². The van der Waals surface area contributed by atoms with Crippen molar-refractivity contribution >= 4 is 23.5 Å². The summed E-state index contributed by atoms with van der Waals surface area (Å²) in [5, 5.41) is 3.11. The van der Waals surface area contributed by atoms with Gasteiger partial charge in [0.05, 0.1) is 6.54 Å². The van der Waals surface area contributed by atoms with Gasteiger partial charge in [-0.3, -0.25) is 4.79 Å². The molecular formula is C15H22ClN3O3. The van der Waals surface area contributed by atoms with Crippen molar-refractivity contribution in [2.45, 2.75) is 19.3 Å². The van der Waals surface area contributed by atoms with E-state index in [1.54, 1.807) is 24.1 Å². The van der Waals surface area contributed by atoms with Crippen LogP contribution < -0.4 is 15.8 Å². The first-order valence-corrected chi connectivity index (χ1v) is 7.52. The molecule has 6 nitrogen and oxygen atoms in total. The van der Waals surface area contributed by atoms with E-state index in [0.717, 1.165) is 6.42 Å². The Kier molecular flexibility index (Phi) is 8.14. The first-order chi connectivity index (χ1) is 10.5. The van der Waals surface area contributed by atoms with Crippen LogP contribution in [0.25, 0.3) is 0 Å². The molecule has 0 aliphatic carbocycles. The van der Waals surface area contributed by atoms with E-state index >= 15 is 0 Å². The van der Waals surface area contributed by atoms with E-state index < -0.39 is 6.03 Å². The summed E-state index contributed by atoms with van der Waals surface area (Å²) < 4.78 is 5.54. The van der Waals surface area contributed by atoms with E-state index in [9.17, 15) is 9.59 Å². The van der Waals surface area contributed by atoms with Gasteiger partial charge in [-0.2, -0.15) is 0 Å². The van der Waals surface area contributed by atoms with E-state index in [1.165, 1.54) is 0 Å². The minimum atomic E-state index is -0.540. The summed E-state index contributed by atoms with van der Waals surface area (Å²) in [6.07, 6.45) is 1.87. The van der Waals surface area contributed by atoms with E-state index in [0.29, 0.717) is 43.3 Å². The second-order valence-corrected chi connectivity index (χ2v) is 5.31. The lowest BCUT2D eigenvalue weighted by Gasteiger charge is -2.17. The number of nitrogens with one attached hydrogen (secondary N) is 1. The zero-order valence-electron chi connectivity index (χ0n) is 12.7. The predicted octanol–water partition coefficient (Wildman–Crippen LogP) is 2.02. The van der Waals surface area contributed by atoms with Gasteiger partial charge >= 0.3 is 6.03 Å². The number of nitrogens with zero attached hydrogens (tertiary/aromatic N) is 1. The number of carbonyl (C=O) groups excluding carboxylic acids is 2. The fraction of sp³-hybridized carbons (Fsp3) is 0.467. The molecule has 0 saturated heterocycles. The molecular weight excluding hydrogens is 306 g/mol. The summed E-state index contributed by atoms with van der Waals surface area (Å²) in [7, 11) is 1.74. The fourth-order valence-electron chi connectivity index (χ4n) is 1.79. The van der Waals surface area contributed by atoms with Crippen LogP contribution >= 0.6 is 11.6 Å². The molecule has 3 amide bonds. The number of nitrogens with two attached hydrogens (primary N) is 1. The highest BCUT2D eigenvalue weighted by atomic mass is 35.5. The first-order valence-electron chi connectivity index (χ1n) is 7.14. The lowest BCUT2D eigenvalue weighted by Crippen LogP contribution is -2.31. The molecule has 0 aliphatic heterocycles. The summed E-state index contributed by atoms with van der Waals surface area (Å²) in [6, 6.07) is 6.60. The molecule has 0 aliphatic rings. The maximum Gasteiger partial charge on any atom is 0.312 e. The van der Waals surface area contributed by atoms with E-state index in [-0.39, 0.29) is 5.91 Å². The zero-order valence-corrected chi connectivity index (χ0v) is 13.4. The smallest absolute Gasteiger partial charge is 0.312 e. The molecule has 0 atom stereocenters. The minimum Gasteiger partial charge on any atom is -0.492 e. The van der Waals surface area contributed by atoms with Gasteiger partial charge in [0.25, 0.3) is 0 Å². The Labute approximate surface area is 135 Å². The maximum absolute atomic E-state index is 11.9. The third kappa shape index (κ3) is 7.73. The van der Waals surface area contributed by atoms with Crippen LogP contribution in [0.15, 0.2) is 24.3 Å². The standard InChI is InChI=1S/C15H22ClN3O3/c1-19(14(20)7-2-3-8-18-15(17)21)9-10-22-13-6-4-5-12(16)11-13/h4-6,11H,2-3,7-10H2,1H3,(H3,17,18,21). The molecule has 1 rings (SSSR count). The molecule has 0 heterocycles. The number of unbranched alkanes of at least 4 members (excludes halogenated alkanes) is 1. The molecule has 0 radical (unpaired) electrons. The second-order valence-electron chi connectivity index (χ2n) is 4.87. The van der Waals surface area contributed by atoms with Crippen molar-refractivity contribution in [3.8, 4) is 5.75 Å². The average molecular weight is 328 g/mol. The van der Waals surface area contributed by atoms with Crippen LogP contribution in [0.4, 0.5) is 4.79 Å². The predicted molar refractivity (Wildman–Crippen MR) is 86.0 cm³/mol. The van der Waals surface area contributed by atoms with Crippen LogP contribution in [-0.4, -0.2) is 43.6 Å². The second kappa shape index (κ2) is 9.89. The topological polar surface area (TPSA) is 84.7 Å². The SMILES string of the molecule is CN(CCOc1cccc(Cl)c1)C(=O)CCCCNC(N)=O. The van der Waals surface area contributed by atoms with E-state index in [4.69, 9.17) is 22.1 Å². The third-order valence-electron chi connectivity index (χ3n) is 3.03. The lowest BCUT2D eigenvalue weighted by atomic mass is 10.2. The van der Waals surface area contributed by atoms with Crippen LogP contribution in [0.1, 0.15) is 19.3 Å². The lowest BCUT2D eigenvalue weighted by molar-refractivity contribution is -0.130. The number of hydrogen-bond acceptors (Lipinski definition) is 3. The summed E-state index contributed by atoms with van der Waals surface area (Å²) in [5.41, 5.74) is 4.95. The molecule has 0 fully saturated rings. The van der Waals surface area contributed by atoms with Gasteiger partial charge in [-0.25, -0.2) is 4.79 Å². The largest absolute Gasteiger partial charge is 0.492 e. The van der Waals surface area contributed by atoms with Crippen LogP contribution in [0.3, 0.4) is 0 Å². The monoisotopic (exact) mass is 327 g/mol. The van der Waals surface area contributed by atoms with Crippen molar-refractivity contribution in [2.24, 2.45) is 5.73 Å². The number of amides is 3. The molecule has 1 aromatic carbocycles. The van der Waals surface area contributed by atoms with Gasteiger partial charge in [-0.1, -0.05) is 17.7 Å². The number of primary amides is 1. The number of likely N-dealkylation sites (N-methyl/N-ethyl adjacent to an activating group) is 1. The number of hydrogen-bond donors (Lipinski definition) is 2. The molecule has 0 aromatic heterocycles. The summed E-state index contributed by atoms with van der Waals surface area (Å²) in [5.74, 6) is 0.736. The van der Waals surface area contributed by atoms with Crippen molar-refractivity contribution in [2.75, 3.05) is 26.7 Å². The van der Waals surface area contributed by atoms with Crippen molar-refractivity contribution < 1.29 is 14.3 Å². The van der Waals surface area contributed by atoms with Gasteiger partial charge in [0.15, 0.2) is 0 Å². The Balaban J connectivity index is 2.14. The summed E-state index contributed by atoms with van der Waals surface area (Å²) >= 11 is 5.86. The quantitative estimate of drug-likeness (QED) is 0.680. The number of benzene rings is 1. The third-order valence-corrected chi connectivity index (χ3v) is 3.27. The van der Waals surface area contributed by atoms with Gasteiger partial charge in [-0.15, -0.1) is 0 Å². The van der Waals surface area contributed by atoms with Gasteiger partial charge in [0.2, 0.25) is 5.91 Å². The number of halogens is 1. The molecule has 7 heteroatoms. The maximum atomic E-state index is 11.9. The zero-order chi connectivity index (χ0) is 16.4. The fourth-order valence-corrected chi connectivity index (χ4v) is 1.97. The first kappa shape index (κ1) is 18.1. The Morgan fingerprint density at radius 3 is 2.82 bits per heavy atom. The highest BCUT2D eigenvalue weighted by Crippen LogP contribution is 2.16. The molecule has 0 unspecified atom stereocenters. The molecule has 0 spiro atoms. The molecule has 1 aromatic rings. The number of carbonyl (C=O) groups is 2. The minimum absolute atomic E-state index is 0.0498. The Hall–Kier alpha value is -1.95. The molecule has 22 heavy (non-hydrogen) atoms. The molecule has 0 bridgehead atoms. The van der Waals surface area contributed by atoms with Gasteiger partial charge in [0.1, 0.15) is 12.4 Å². The van der Waals surface area contributed by atoms with Crippen LogP contribution in [0, 0.1) is 0 Å². The van der Waals surface area contributed by atoms with Gasteiger partial charge < -0.3 is 20.7 Å². The Bertz CT molecular complexity index is 497. The summed E-state index contributed by atoms with van der Waals surface area (Å²) in [4.78, 5) is 24.0. The average Bonchev–Trinajstić information content (AvgIpc) is 2.46. The number of ether oxygens (including phenoxy) is 1. The van der Waals surface area contributed by atoms with E-state index in [1.807, 2.05) is 12.1 Å². The summed E-state index contributed by atoms with van der Waals surface area (Å²) in [6.45, 7) is 1.40. The van der Waals surface area contributed by atoms with Crippen LogP contribution in [0.5, 0.6) is 5.75 Å². The highest BCUT2D eigenvalue weighted by molar-refractivity contribution is 6.30. The van der Waals surface area contributed by atoms with Crippen molar-refractivity contribution in [1.82, 2.24) is 10.2 Å². The van der Waals surface area contributed by atoms with Crippen molar-refractivity contribution in [3.05, 3.63) is 29.3 Å². The van der Waals surface area contributed by atoms with Crippen LogP contribution in [-0.2, 0) is 4.79 Å². The van der Waals surface area contributed by atoms with Crippen molar-refractivity contribution in [1.29, 1.82) is 0 Å². The van der Waals surface area contributed by atoms with Crippen molar-refractivity contribution in [3.63, 3.8) is 0 Å². The normalized spacial score (nSPS) is 10.1. The number of urea groups is 1. The number of rotatable bonds is 9. The highest BCUT2D eigenvalue weighted by Gasteiger charge is 2.08.